The SMILES string of the molecule is CCOC(=O)C1(NC(=O)Nc2ccc(C(F)(F)F)cc2)CC1c1ccc2cccc(OCc3ccccc3)c2n1. The third kappa shape index (κ3) is 5.70. The van der Waals surface area contributed by atoms with E-state index in [9.17, 15) is 22.8 Å². The summed E-state index contributed by atoms with van der Waals surface area (Å²) in [5.74, 6) is -0.506. The third-order valence-electron chi connectivity index (χ3n) is 6.71. The van der Waals surface area contributed by atoms with E-state index in [0.717, 1.165) is 35.2 Å². The van der Waals surface area contributed by atoms with Gasteiger partial charge in [-0.2, -0.15) is 13.2 Å². The zero-order valence-corrected chi connectivity index (χ0v) is 21.5. The van der Waals surface area contributed by atoms with Crippen molar-refractivity contribution >= 4 is 28.6 Å². The Hall–Kier alpha value is -4.60. The van der Waals surface area contributed by atoms with Crippen molar-refractivity contribution in [2.24, 2.45) is 0 Å². The number of para-hydroxylation sites is 1. The van der Waals surface area contributed by atoms with Gasteiger partial charge in [0.25, 0.3) is 0 Å². The van der Waals surface area contributed by atoms with Gasteiger partial charge in [0, 0.05) is 22.7 Å². The van der Waals surface area contributed by atoms with Crippen LogP contribution in [0.15, 0.2) is 84.9 Å². The lowest BCUT2D eigenvalue weighted by molar-refractivity contribution is -0.146. The lowest BCUT2D eigenvalue weighted by Gasteiger charge is -2.19. The van der Waals surface area contributed by atoms with Crippen molar-refractivity contribution < 1.29 is 32.2 Å². The number of ether oxygens (including phenoxy) is 2. The molecule has 0 spiro atoms. The highest BCUT2D eigenvalue weighted by atomic mass is 19.4. The minimum absolute atomic E-state index is 0.109. The van der Waals surface area contributed by atoms with E-state index < -0.39 is 35.2 Å². The van der Waals surface area contributed by atoms with Gasteiger partial charge in [-0.1, -0.05) is 48.5 Å². The number of carbonyl (C=O) groups is 2. The molecule has 40 heavy (non-hydrogen) atoms. The number of aromatic nitrogens is 1. The van der Waals surface area contributed by atoms with E-state index in [1.165, 1.54) is 0 Å². The number of esters is 1. The van der Waals surface area contributed by atoms with Gasteiger partial charge in [0.1, 0.15) is 23.4 Å². The largest absolute Gasteiger partial charge is 0.487 e. The summed E-state index contributed by atoms with van der Waals surface area (Å²) < 4.78 is 49.9. The summed E-state index contributed by atoms with van der Waals surface area (Å²) in [6, 6.07) is 22.3. The van der Waals surface area contributed by atoms with Crippen LogP contribution < -0.4 is 15.4 Å². The number of nitrogens with zero attached hydrogens (tertiary/aromatic N) is 1. The number of hydrogen-bond acceptors (Lipinski definition) is 5. The highest BCUT2D eigenvalue weighted by Gasteiger charge is 2.64. The summed E-state index contributed by atoms with van der Waals surface area (Å²) in [6.07, 6.45) is -4.24. The van der Waals surface area contributed by atoms with Gasteiger partial charge in [-0.05, 0) is 55.3 Å². The van der Waals surface area contributed by atoms with Crippen LogP contribution in [0.2, 0.25) is 0 Å². The fourth-order valence-electron chi connectivity index (χ4n) is 4.58. The summed E-state index contributed by atoms with van der Waals surface area (Å²) in [6.45, 7) is 2.13. The summed E-state index contributed by atoms with van der Waals surface area (Å²) in [5, 5.41) is 6.03. The van der Waals surface area contributed by atoms with Crippen molar-refractivity contribution in [3.05, 3.63) is 102 Å². The molecule has 2 amide bonds. The third-order valence-corrected chi connectivity index (χ3v) is 6.71. The van der Waals surface area contributed by atoms with E-state index in [1.54, 1.807) is 13.0 Å². The summed E-state index contributed by atoms with van der Waals surface area (Å²) >= 11 is 0. The van der Waals surface area contributed by atoms with Gasteiger partial charge >= 0.3 is 18.2 Å². The van der Waals surface area contributed by atoms with E-state index in [4.69, 9.17) is 14.5 Å². The predicted octanol–water partition coefficient (Wildman–Crippen LogP) is 6.44. The Bertz CT molecular complexity index is 1530. The molecule has 0 saturated heterocycles. The second kappa shape index (κ2) is 10.9. The maximum atomic E-state index is 13.0. The summed E-state index contributed by atoms with van der Waals surface area (Å²) in [5.41, 5.74) is 0.138. The van der Waals surface area contributed by atoms with Crippen molar-refractivity contribution in [2.75, 3.05) is 11.9 Å². The molecule has 3 aromatic carbocycles. The molecule has 0 radical (unpaired) electrons. The average Bonchev–Trinajstić information content (AvgIpc) is 3.67. The van der Waals surface area contributed by atoms with Gasteiger partial charge < -0.3 is 20.1 Å². The molecule has 10 heteroatoms. The first kappa shape index (κ1) is 27.0. The maximum Gasteiger partial charge on any atom is 0.416 e. The number of halogens is 3. The lowest BCUT2D eigenvalue weighted by atomic mass is 10.1. The molecular formula is C30H26F3N3O4. The van der Waals surface area contributed by atoms with Gasteiger partial charge in [0.15, 0.2) is 0 Å². The molecule has 2 unspecified atom stereocenters. The van der Waals surface area contributed by atoms with E-state index in [2.05, 4.69) is 10.6 Å². The quantitative estimate of drug-likeness (QED) is 0.247. The zero-order valence-electron chi connectivity index (χ0n) is 21.5. The van der Waals surface area contributed by atoms with Gasteiger partial charge in [0.05, 0.1) is 12.2 Å². The fourth-order valence-corrected chi connectivity index (χ4v) is 4.58. The molecule has 2 atom stereocenters. The molecule has 0 aliphatic heterocycles. The number of rotatable bonds is 8. The van der Waals surface area contributed by atoms with Crippen LogP contribution in [-0.2, 0) is 22.3 Å². The molecule has 7 nitrogen and oxygen atoms in total. The van der Waals surface area contributed by atoms with Gasteiger partial charge in [-0.15, -0.1) is 0 Å². The molecule has 206 valence electrons. The Morgan fingerprint density at radius 1 is 0.975 bits per heavy atom. The second-order valence-electron chi connectivity index (χ2n) is 9.44. The van der Waals surface area contributed by atoms with E-state index in [0.29, 0.717) is 23.6 Å². The van der Waals surface area contributed by atoms with Gasteiger partial charge in [0.2, 0.25) is 0 Å². The molecule has 2 N–H and O–H groups in total. The number of hydrogen-bond donors (Lipinski definition) is 2. The molecule has 1 aliphatic carbocycles. The van der Waals surface area contributed by atoms with Crippen LogP contribution in [0.5, 0.6) is 5.75 Å². The molecule has 1 aromatic heterocycles. The highest BCUT2D eigenvalue weighted by molar-refractivity contribution is 5.97. The molecule has 5 rings (SSSR count). The Morgan fingerprint density at radius 3 is 2.42 bits per heavy atom. The van der Waals surface area contributed by atoms with Crippen molar-refractivity contribution in [3.63, 3.8) is 0 Å². The zero-order chi connectivity index (χ0) is 28.3. The molecular weight excluding hydrogens is 523 g/mol. The molecule has 4 aromatic rings. The van der Waals surface area contributed by atoms with E-state index in [1.807, 2.05) is 54.6 Å². The Morgan fingerprint density at radius 2 is 1.73 bits per heavy atom. The fraction of sp³-hybridized carbons (Fsp3) is 0.233. The number of nitrogens with one attached hydrogen (secondary N) is 2. The monoisotopic (exact) mass is 549 g/mol. The highest BCUT2D eigenvalue weighted by Crippen LogP contribution is 2.52. The number of benzene rings is 3. The summed E-state index contributed by atoms with van der Waals surface area (Å²) in [4.78, 5) is 30.6. The predicted molar refractivity (Wildman–Crippen MR) is 143 cm³/mol. The van der Waals surface area contributed by atoms with Crippen LogP contribution in [0.3, 0.4) is 0 Å². The normalized spacial score (nSPS) is 18.1. The first-order chi connectivity index (χ1) is 19.2. The van der Waals surface area contributed by atoms with E-state index in [-0.39, 0.29) is 18.7 Å². The number of pyridine rings is 1. The minimum Gasteiger partial charge on any atom is -0.487 e. The van der Waals surface area contributed by atoms with Crippen LogP contribution in [0.25, 0.3) is 10.9 Å². The number of carbonyl (C=O) groups excluding carboxylic acids is 2. The van der Waals surface area contributed by atoms with Crippen molar-refractivity contribution in [1.29, 1.82) is 0 Å². The smallest absolute Gasteiger partial charge is 0.416 e. The number of amides is 2. The molecule has 1 saturated carbocycles. The first-order valence-corrected chi connectivity index (χ1v) is 12.7. The topological polar surface area (TPSA) is 89.5 Å². The van der Waals surface area contributed by atoms with E-state index >= 15 is 0 Å². The number of alkyl halides is 3. The van der Waals surface area contributed by atoms with Gasteiger partial charge in [-0.3, -0.25) is 0 Å². The average molecular weight is 550 g/mol. The minimum atomic E-state index is -4.49. The maximum absolute atomic E-state index is 13.0. The van der Waals surface area contributed by atoms with Crippen LogP contribution >= 0.6 is 0 Å². The standard InChI is InChI=1S/C30H26F3N3O4/c1-2-39-27(37)29(36-28(38)34-22-14-12-21(13-15-22)30(31,32)33)17-23(29)24-16-11-20-9-6-10-25(26(20)35-24)40-18-19-7-4-3-5-8-19/h3-16,23H,2,17-18H2,1H3,(H2,34,36,38). The molecule has 1 aliphatic rings. The van der Waals surface area contributed by atoms with Gasteiger partial charge in [-0.25, -0.2) is 14.6 Å². The Balaban J connectivity index is 1.35. The van der Waals surface area contributed by atoms with Crippen LogP contribution in [0.1, 0.15) is 36.1 Å². The van der Waals surface area contributed by atoms with Crippen molar-refractivity contribution in [2.45, 2.75) is 37.6 Å². The number of urea groups is 1. The molecule has 1 fully saturated rings. The van der Waals surface area contributed by atoms with Crippen LogP contribution in [-0.4, -0.2) is 29.1 Å². The molecule has 1 heterocycles. The molecule has 0 bridgehead atoms. The second-order valence-corrected chi connectivity index (χ2v) is 9.44. The van der Waals surface area contributed by atoms with Crippen molar-refractivity contribution in [3.8, 4) is 5.75 Å². The summed E-state index contributed by atoms with van der Waals surface area (Å²) in [7, 11) is 0. The van der Waals surface area contributed by atoms with Crippen molar-refractivity contribution in [1.82, 2.24) is 10.3 Å². The Labute approximate surface area is 228 Å². The number of fused-ring (bicyclic) bond motifs is 1. The number of anilines is 1. The van der Waals surface area contributed by atoms with Crippen LogP contribution in [0.4, 0.5) is 23.7 Å². The van der Waals surface area contributed by atoms with Crippen LogP contribution in [0, 0.1) is 0 Å². The first-order valence-electron chi connectivity index (χ1n) is 12.7. The Kier molecular flexibility index (Phi) is 7.34. The lowest BCUT2D eigenvalue weighted by Crippen LogP contribution is -2.47.